The summed E-state index contributed by atoms with van der Waals surface area (Å²) in [5, 5.41) is 2.78. The van der Waals surface area contributed by atoms with Gasteiger partial charge in [0.15, 0.2) is 0 Å². The number of rotatable bonds is 7. The van der Waals surface area contributed by atoms with Crippen LogP contribution in [0.25, 0.3) is 0 Å². The monoisotopic (exact) mass is 387 g/mol. The van der Waals surface area contributed by atoms with Crippen molar-refractivity contribution in [1.82, 2.24) is 15.1 Å². The van der Waals surface area contributed by atoms with Crippen LogP contribution in [0, 0.1) is 0 Å². The third kappa shape index (κ3) is 4.96. The molecule has 8 nitrogen and oxygen atoms in total. The van der Waals surface area contributed by atoms with E-state index in [1.54, 1.807) is 16.7 Å². The molecule has 26 heavy (non-hydrogen) atoms. The first-order chi connectivity index (χ1) is 12.5. The highest BCUT2D eigenvalue weighted by atomic mass is 32.2. The van der Waals surface area contributed by atoms with Gasteiger partial charge < -0.3 is 19.7 Å². The maximum absolute atomic E-state index is 12.5. The van der Waals surface area contributed by atoms with Crippen LogP contribution in [0.2, 0.25) is 0 Å². The molecule has 0 bridgehead atoms. The van der Waals surface area contributed by atoms with Crippen LogP contribution in [-0.4, -0.2) is 84.8 Å². The van der Waals surface area contributed by atoms with E-state index in [0.717, 1.165) is 12.2 Å². The first-order valence-electron chi connectivity index (χ1n) is 9.09. The van der Waals surface area contributed by atoms with E-state index in [1.165, 1.54) is 7.11 Å². The lowest BCUT2D eigenvalue weighted by Crippen LogP contribution is -2.54. The number of carbonyl (C=O) groups excluding carboxylic acids is 3. The number of thioether (sulfide) groups is 1. The summed E-state index contributed by atoms with van der Waals surface area (Å²) in [5.74, 6) is 0.338. The molecule has 2 unspecified atom stereocenters. The summed E-state index contributed by atoms with van der Waals surface area (Å²) in [6.45, 7) is 3.59. The second-order valence-corrected chi connectivity index (χ2v) is 7.56. The van der Waals surface area contributed by atoms with E-state index in [2.05, 4.69) is 5.32 Å². The molecule has 0 aromatic heterocycles. The Morgan fingerprint density at radius 1 is 1.38 bits per heavy atom. The molecule has 2 aliphatic rings. The van der Waals surface area contributed by atoms with Crippen molar-refractivity contribution in [2.24, 2.45) is 0 Å². The van der Waals surface area contributed by atoms with Crippen LogP contribution in [0.5, 0.6) is 0 Å². The van der Waals surface area contributed by atoms with Crippen LogP contribution in [0.3, 0.4) is 0 Å². The van der Waals surface area contributed by atoms with Gasteiger partial charge in [-0.25, -0.2) is 14.4 Å². The Hall–Kier alpha value is -1.64. The van der Waals surface area contributed by atoms with Crippen LogP contribution < -0.4 is 5.32 Å². The van der Waals surface area contributed by atoms with E-state index in [4.69, 9.17) is 9.47 Å². The zero-order valence-electron chi connectivity index (χ0n) is 15.7. The summed E-state index contributed by atoms with van der Waals surface area (Å²) in [5.41, 5.74) is 0. The molecule has 0 aromatic carbocycles. The maximum atomic E-state index is 12.5. The number of carbonyl (C=O) groups is 3. The lowest BCUT2D eigenvalue weighted by Gasteiger charge is -2.38. The van der Waals surface area contributed by atoms with Gasteiger partial charge >= 0.3 is 18.1 Å². The van der Waals surface area contributed by atoms with Gasteiger partial charge in [0.25, 0.3) is 0 Å². The average molecular weight is 388 g/mol. The highest BCUT2D eigenvalue weighted by Gasteiger charge is 2.39. The molecule has 0 saturated carbocycles. The predicted molar refractivity (Wildman–Crippen MR) is 99.2 cm³/mol. The Morgan fingerprint density at radius 3 is 2.65 bits per heavy atom. The van der Waals surface area contributed by atoms with Crippen molar-refractivity contribution < 1.29 is 23.9 Å². The van der Waals surface area contributed by atoms with E-state index in [9.17, 15) is 14.4 Å². The fourth-order valence-electron chi connectivity index (χ4n) is 3.45. The van der Waals surface area contributed by atoms with Gasteiger partial charge in [0.05, 0.1) is 13.2 Å². The van der Waals surface area contributed by atoms with Crippen LogP contribution >= 0.6 is 11.8 Å². The number of methoxy groups -OCH3 is 1. The van der Waals surface area contributed by atoms with Gasteiger partial charge in [-0.1, -0.05) is 6.92 Å². The van der Waals surface area contributed by atoms with Gasteiger partial charge in [0.2, 0.25) is 0 Å². The summed E-state index contributed by atoms with van der Waals surface area (Å²) in [6.07, 6.45) is 4.53. The molecule has 3 amide bonds. The topological polar surface area (TPSA) is 88.2 Å². The molecule has 2 fully saturated rings. The molecule has 1 N–H and O–H groups in total. The second-order valence-electron chi connectivity index (χ2n) is 6.57. The van der Waals surface area contributed by atoms with Gasteiger partial charge in [-0.15, -0.1) is 0 Å². The third-order valence-corrected chi connectivity index (χ3v) is 5.66. The molecular formula is C17H29N3O5S. The molecule has 2 rings (SSSR count). The van der Waals surface area contributed by atoms with Crippen molar-refractivity contribution >= 4 is 29.9 Å². The quantitative estimate of drug-likeness (QED) is 0.669. The molecule has 0 spiro atoms. The summed E-state index contributed by atoms with van der Waals surface area (Å²) >= 11 is 1.62. The molecule has 0 radical (unpaired) electrons. The number of ether oxygens (including phenoxy) is 2. The van der Waals surface area contributed by atoms with Crippen molar-refractivity contribution in [2.45, 2.75) is 50.7 Å². The fraction of sp³-hybridized carbons (Fsp3) is 0.824. The van der Waals surface area contributed by atoms with E-state index in [1.807, 2.05) is 18.1 Å². The number of piperidine rings is 1. The van der Waals surface area contributed by atoms with Crippen molar-refractivity contribution in [3.05, 3.63) is 0 Å². The number of nitrogens with zero attached hydrogens (tertiary/aromatic N) is 2. The van der Waals surface area contributed by atoms with Crippen molar-refractivity contribution in [1.29, 1.82) is 0 Å². The lowest BCUT2D eigenvalue weighted by atomic mass is 10.0. The molecule has 0 aliphatic carbocycles. The van der Waals surface area contributed by atoms with Gasteiger partial charge in [0.1, 0.15) is 12.6 Å². The van der Waals surface area contributed by atoms with E-state index < -0.39 is 12.0 Å². The zero-order valence-corrected chi connectivity index (χ0v) is 16.5. The number of hydrogen-bond donors (Lipinski definition) is 1. The molecule has 9 heteroatoms. The molecule has 2 aliphatic heterocycles. The number of urea groups is 1. The Kier molecular flexibility index (Phi) is 7.86. The Morgan fingerprint density at radius 2 is 2.08 bits per heavy atom. The number of amides is 3. The van der Waals surface area contributed by atoms with E-state index in [0.29, 0.717) is 39.0 Å². The van der Waals surface area contributed by atoms with Gasteiger partial charge in [-0.3, -0.25) is 4.90 Å². The third-order valence-electron chi connectivity index (χ3n) is 5.01. The summed E-state index contributed by atoms with van der Waals surface area (Å²) in [6, 6.07) is -0.651. The normalized spacial score (nSPS) is 22.1. The molecule has 148 valence electrons. The molecular weight excluding hydrogens is 358 g/mol. The highest BCUT2D eigenvalue weighted by molar-refractivity contribution is 7.98. The van der Waals surface area contributed by atoms with Crippen molar-refractivity contribution in [3.8, 4) is 0 Å². The first-order valence-corrected chi connectivity index (χ1v) is 10.5. The second kappa shape index (κ2) is 9.89. The summed E-state index contributed by atoms with van der Waals surface area (Å²) < 4.78 is 9.94. The number of likely N-dealkylation sites (tertiary alicyclic amines) is 1. The molecule has 0 aromatic rings. The highest BCUT2D eigenvalue weighted by Crippen LogP contribution is 2.25. The fourth-order valence-corrected chi connectivity index (χ4v) is 3.92. The van der Waals surface area contributed by atoms with Crippen LogP contribution in [0.15, 0.2) is 0 Å². The molecule has 2 heterocycles. The SMILES string of the molecule is CCC1COC(=O)N1C1CCN(C(=O)NC(CCSC)C(=O)OC)CC1. The number of cyclic esters (lactones) is 1. The Bertz CT molecular complexity index is 511. The lowest BCUT2D eigenvalue weighted by molar-refractivity contribution is -0.142. The van der Waals surface area contributed by atoms with Gasteiger partial charge in [-0.05, 0) is 37.7 Å². The Balaban J connectivity index is 1.87. The number of esters is 1. The summed E-state index contributed by atoms with van der Waals surface area (Å²) in [4.78, 5) is 39.9. The number of nitrogens with one attached hydrogen (secondary N) is 1. The minimum Gasteiger partial charge on any atom is -0.467 e. The largest absolute Gasteiger partial charge is 0.467 e. The van der Waals surface area contributed by atoms with Gasteiger partial charge in [-0.2, -0.15) is 11.8 Å². The zero-order chi connectivity index (χ0) is 19.1. The van der Waals surface area contributed by atoms with Crippen LogP contribution in [0.1, 0.15) is 32.6 Å². The average Bonchev–Trinajstić information content (AvgIpc) is 3.04. The predicted octanol–water partition coefficient (Wildman–Crippen LogP) is 1.69. The minimum absolute atomic E-state index is 0.104. The Labute approximate surface area is 158 Å². The minimum atomic E-state index is -0.629. The molecule has 2 atom stereocenters. The van der Waals surface area contributed by atoms with Gasteiger partial charge in [0, 0.05) is 19.1 Å². The van der Waals surface area contributed by atoms with Crippen LogP contribution in [0.4, 0.5) is 9.59 Å². The van der Waals surface area contributed by atoms with E-state index in [-0.39, 0.29) is 24.2 Å². The maximum Gasteiger partial charge on any atom is 0.410 e. The van der Waals surface area contributed by atoms with E-state index >= 15 is 0 Å². The standard InChI is InChI=1S/C17H29N3O5S/c1-4-12-11-25-17(23)20(12)13-5-8-19(9-6-13)16(22)18-14(7-10-26-3)15(21)24-2/h12-14H,4-11H2,1-3H3,(H,18,22). The number of hydrogen-bond acceptors (Lipinski definition) is 6. The smallest absolute Gasteiger partial charge is 0.410 e. The molecule has 2 saturated heterocycles. The van der Waals surface area contributed by atoms with Crippen molar-refractivity contribution in [3.63, 3.8) is 0 Å². The summed E-state index contributed by atoms with van der Waals surface area (Å²) in [7, 11) is 1.32. The van der Waals surface area contributed by atoms with Crippen molar-refractivity contribution in [2.75, 3.05) is 38.8 Å². The van der Waals surface area contributed by atoms with Crippen LogP contribution in [-0.2, 0) is 14.3 Å². The first kappa shape index (κ1) is 20.7.